The molecule has 0 spiro atoms. The minimum Gasteiger partial charge on any atom is -0.505 e. The highest BCUT2D eigenvalue weighted by Crippen LogP contribution is 2.42. The van der Waals surface area contributed by atoms with Crippen LogP contribution in [0.3, 0.4) is 0 Å². The predicted octanol–water partition coefficient (Wildman–Crippen LogP) is 4.63. The summed E-state index contributed by atoms with van der Waals surface area (Å²) in [5.41, 5.74) is 0.443. The zero-order chi connectivity index (χ0) is 15.7. The number of hydrogen-bond acceptors (Lipinski definition) is 3. The Hall–Kier alpha value is -2.53. The lowest BCUT2D eigenvalue weighted by Crippen LogP contribution is -2.16. The van der Waals surface area contributed by atoms with Gasteiger partial charge in [0.25, 0.3) is 0 Å². The number of nitrogens with zero attached hydrogens (tertiary/aromatic N) is 3. The molecule has 0 aliphatic heterocycles. The Balaban J connectivity index is 2.32. The molecule has 0 unspecified atom stereocenters. The van der Waals surface area contributed by atoms with Gasteiger partial charge in [-0.2, -0.15) is 0 Å². The molecule has 0 aromatic heterocycles. The van der Waals surface area contributed by atoms with E-state index in [2.05, 4.69) is 10.2 Å². The Labute approximate surface area is 133 Å². The molecule has 3 rings (SSSR count). The van der Waals surface area contributed by atoms with Gasteiger partial charge in [0.1, 0.15) is 5.69 Å². The lowest BCUT2D eigenvalue weighted by atomic mass is 9.99. The van der Waals surface area contributed by atoms with Crippen LogP contribution < -0.4 is 0 Å². The van der Waals surface area contributed by atoms with E-state index >= 15 is 0 Å². The third kappa shape index (κ3) is 2.40. The summed E-state index contributed by atoms with van der Waals surface area (Å²) in [5, 5.41) is 22.8. The SMILES string of the molecule is CN(C)C(=S)N=Nc1c(O)c2ccccc2c2ccccc12. The predicted molar refractivity (Wildman–Crippen MR) is 93.9 cm³/mol. The molecule has 0 bridgehead atoms. The first-order valence-corrected chi connectivity index (χ1v) is 7.26. The number of azo groups is 1. The number of phenols is 1. The quantitative estimate of drug-likeness (QED) is 0.405. The first-order valence-electron chi connectivity index (χ1n) is 6.85. The van der Waals surface area contributed by atoms with Gasteiger partial charge < -0.3 is 10.0 Å². The van der Waals surface area contributed by atoms with Crippen molar-refractivity contribution in [1.29, 1.82) is 0 Å². The normalized spacial score (nSPS) is 11.4. The molecular weight excluding hydrogens is 294 g/mol. The summed E-state index contributed by atoms with van der Waals surface area (Å²) in [6, 6.07) is 15.5. The molecule has 0 atom stereocenters. The summed E-state index contributed by atoms with van der Waals surface area (Å²) in [4.78, 5) is 1.69. The molecule has 1 N–H and O–H groups in total. The van der Waals surface area contributed by atoms with E-state index in [1.54, 1.807) is 19.0 Å². The van der Waals surface area contributed by atoms with Gasteiger partial charge in [-0.1, -0.05) is 48.5 Å². The molecule has 0 aliphatic carbocycles. The number of thiocarbonyl (C=S) groups is 1. The van der Waals surface area contributed by atoms with Crippen molar-refractivity contribution in [2.75, 3.05) is 14.1 Å². The van der Waals surface area contributed by atoms with Crippen LogP contribution >= 0.6 is 12.2 Å². The van der Waals surface area contributed by atoms with Crippen LogP contribution in [0.1, 0.15) is 0 Å². The van der Waals surface area contributed by atoms with Crippen LogP contribution in [-0.2, 0) is 0 Å². The number of fused-ring (bicyclic) bond motifs is 3. The van der Waals surface area contributed by atoms with Crippen molar-refractivity contribution in [3.63, 3.8) is 0 Å². The van der Waals surface area contributed by atoms with E-state index in [4.69, 9.17) is 12.2 Å². The van der Waals surface area contributed by atoms with E-state index in [9.17, 15) is 5.11 Å². The van der Waals surface area contributed by atoms with Gasteiger partial charge >= 0.3 is 0 Å². The smallest absolute Gasteiger partial charge is 0.215 e. The highest BCUT2D eigenvalue weighted by atomic mass is 32.1. The Morgan fingerprint density at radius 2 is 1.41 bits per heavy atom. The van der Waals surface area contributed by atoms with Gasteiger partial charge in [-0.3, -0.25) is 0 Å². The fourth-order valence-electron chi connectivity index (χ4n) is 2.39. The summed E-state index contributed by atoms with van der Waals surface area (Å²) in [5.74, 6) is 0.125. The summed E-state index contributed by atoms with van der Waals surface area (Å²) < 4.78 is 0. The average Bonchev–Trinajstić information content (AvgIpc) is 2.54. The van der Waals surface area contributed by atoms with Gasteiger partial charge in [0.2, 0.25) is 5.11 Å². The van der Waals surface area contributed by atoms with E-state index in [1.807, 2.05) is 48.5 Å². The molecule has 5 heteroatoms. The highest BCUT2D eigenvalue weighted by molar-refractivity contribution is 7.80. The molecule has 0 amide bonds. The van der Waals surface area contributed by atoms with Crippen LogP contribution in [0.25, 0.3) is 21.5 Å². The first-order chi connectivity index (χ1) is 10.6. The van der Waals surface area contributed by atoms with Gasteiger partial charge in [0, 0.05) is 24.9 Å². The molecular formula is C17H15N3OS. The Kier molecular flexibility index (Phi) is 3.73. The second-order valence-electron chi connectivity index (χ2n) is 5.17. The third-order valence-corrected chi connectivity index (χ3v) is 3.94. The number of benzene rings is 3. The second-order valence-corrected chi connectivity index (χ2v) is 5.53. The molecule has 4 nitrogen and oxygen atoms in total. The maximum atomic E-state index is 10.6. The van der Waals surface area contributed by atoms with E-state index < -0.39 is 0 Å². The Bertz CT molecular complexity index is 903. The lowest BCUT2D eigenvalue weighted by molar-refractivity contribution is 0.483. The topological polar surface area (TPSA) is 48.2 Å². The molecule has 22 heavy (non-hydrogen) atoms. The summed E-state index contributed by atoms with van der Waals surface area (Å²) in [6.45, 7) is 0. The van der Waals surface area contributed by atoms with Crippen LogP contribution in [0.4, 0.5) is 5.69 Å². The van der Waals surface area contributed by atoms with Gasteiger partial charge in [-0.15, -0.1) is 10.2 Å². The van der Waals surface area contributed by atoms with Gasteiger partial charge in [0.05, 0.1) is 0 Å². The summed E-state index contributed by atoms with van der Waals surface area (Å²) in [6.07, 6.45) is 0. The number of aromatic hydroxyl groups is 1. The lowest BCUT2D eigenvalue weighted by Gasteiger charge is -2.11. The Morgan fingerprint density at radius 1 is 0.909 bits per heavy atom. The van der Waals surface area contributed by atoms with Crippen molar-refractivity contribution in [2.24, 2.45) is 10.2 Å². The average molecular weight is 309 g/mol. The van der Waals surface area contributed by atoms with Crippen LogP contribution in [0, 0.1) is 0 Å². The molecule has 3 aromatic rings. The fraction of sp³-hybridized carbons (Fsp3) is 0.118. The third-order valence-electron chi connectivity index (χ3n) is 3.50. The van der Waals surface area contributed by atoms with Crippen molar-refractivity contribution in [2.45, 2.75) is 0 Å². The molecule has 0 saturated carbocycles. The van der Waals surface area contributed by atoms with Crippen LogP contribution in [-0.4, -0.2) is 29.2 Å². The Morgan fingerprint density at radius 3 is 2.00 bits per heavy atom. The van der Waals surface area contributed by atoms with Gasteiger partial charge in [-0.05, 0) is 23.0 Å². The molecule has 0 saturated heterocycles. The van der Waals surface area contributed by atoms with E-state index in [0.29, 0.717) is 10.8 Å². The monoisotopic (exact) mass is 309 g/mol. The first kappa shape index (κ1) is 14.4. The maximum Gasteiger partial charge on any atom is 0.215 e. The molecule has 3 aromatic carbocycles. The van der Waals surface area contributed by atoms with E-state index in [-0.39, 0.29) is 5.75 Å². The van der Waals surface area contributed by atoms with Crippen molar-refractivity contribution < 1.29 is 5.11 Å². The summed E-state index contributed by atoms with van der Waals surface area (Å²) in [7, 11) is 3.61. The van der Waals surface area contributed by atoms with Crippen molar-refractivity contribution in [1.82, 2.24) is 4.90 Å². The molecule has 0 radical (unpaired) electrons. The van der Waals surface area contributed by atoms with Crippen molar-refractivity contribution >= 4 is 44.6 Å². The standard InChI is InChI=1S/C17H15N3OS/c1-20(2)17(22)19-18-15-13-9-5-3-7-11(13)12-8-4-6-10-14(12)16(15)21/h3-10,21H,1-2H3. The molecule has 0 heterocycles. The summed E-state index contributed by atoms with van der Waals surface area (Å²) >= 11 is 5.12. The zero-order valence-electron chi connectivity index (χ0n) is 12.3. The number of hydrogen-bond donors (Lipinski definition) is 1. The fourth-order valence-corrected chi connectivity index (χ4v) is 2.43. The number of phenolic OH excluding ortho intramolecular Hbond substituents is 1. The number of rotatable bonds is 1. The molecule has 0 aliphatic rings. The maximum absolute atomic E-state index is 10.6. The highest BCUT2D eigenvalue weighted by Gasteiger charge is 2.13. The van der Waals surface area contributed by atoms with Crippen molar-refractivity contribution in [3.8, 4) is 5.75 Å². The van der Waals surface area contributed by atoms with Crippen LogP contribution in [0.15, 0.2) is 58.8 Å². The van der Waals surface area contributed by atoms with Crippen LogP contribution in [0.5, 0.6) is 5.75 Å². The van der Waals surface area contributed by atoms with E-state index in [0.717, 1.165) is 21.5 Å². The molecule has 0 fully saturated rings. The second kappa shape index (κ2) is 5.69. The zero-order valence-corrected chi connectivity index (χ0v) is 13.1. The van der Waals surface area contributed by atoms with Gasteiger partial charge in [-0.25, -0.2) is 0 Å². The largest absolute Gasteiger partial charge is 0.505 e. The minimum absolute atomic E-state index is 0.125. The van der Waals surface area contributed by atoms with Crippen molar-refractivity contribution in [3.05, 3.63) is 48.5 Å². The van der Waals surface area contributed by atoms with E-state index in [1.165, 1.54) is 0 Å². The minimum atomic E-state index is 0.125. The molecule has 110 valence electrons. The van der Waals surface area contributed by atoms with Gasteiger partial charge in [0.15, 0.2) is 5.75 Å². The van der Waals surface area contributed by atoms with Crippen LogP contribution in [0.2, 0.25) is 0 Å².